The summed E-state index contributed by atoms with van der Waals surface area (Å²) in [5.41, 5.74) is 0.397. The average molecular weight is 249 g/mol. The Hall–Kier alpha value is 0.620. The minimum absolute atomic E-state index is 0.397. The van der Waals surface area contributed by atoms with Gasteiger partial charge in [0.25, 0.3) is 0 Å². The van der Waals surface area contributed by atoms with E-state index in [9.17, 15) is 0 Å². The Morgan fingerprint density at radius 2 is 2.07 bits per heavy atom. The van der Waals surface area contributed by atoms with E-state index in [1.165, 1.54) is 31.7 Å². The Kier molecular flexibility index (Phi) is 6.43. The molecule has 0 aromatic rings. The Morgan fingerprint density at radius 3 is 2.60 bits per heavy atom. The molecule has 0 unspecified atom stereocenters. The third-order valence-electron chi connectivity index (χ3n) is 3.17. The molecule has 0 spiro atoms. The number of hydrogen-bond donors (Lipinski definition) is 1. The van der Waals surface area contributed by atoms with Crippen LogP contribution in [0.2, 0.25) is 0 Å². The third-order valence-corrected chi connectivity index (χ3v) is 4.43. The maximum absolute atomic E-state index is 5.43. The summed E-state index contributed by atoms with van der Waals surface area (Å²) < 4.78 is 5.43. The molecule has 15 heavy (non-hydrogen) atoms. The van der Waals surface area contributed by atoms with E-state index < -0.39 is 0 Å². The molecule has 0 amide bonds. The van der Waals surface area contributed by atoms with Gasteiger partial charge in [-0.05, 0) is 37.3 Å². The van der Waals surface area contributed by atoms with Crippen molar-refractivity contribution in [1.82, 2.24) is 4.90 Å². The largest absolute Gasteiger partial charge is 0.381 e. The zero-order valence-corrected chi connectivity index (χ0v) is 11.6. The second-order valence-corrected chi connectivity index (χ2v) is 5.80. The highest BCUT2D eigenvalue weighted by Gasteiger charge is 2.32. The van der Waals surface area contributed by atoms with Crippen molar-refractivity contribution in [2.24, 2.45) is 5.41 Å². The summed E-state index contributed by atoms with van der Waals surface area (Å²) >= 11 is 6.44. The van der Waals surface area contributed by atoms with Crippen LogP contribution in [0.3, 0.4) is 0 Å². The second kappa shape index (κ2) is 7.05. The van der Waals surface area contributed by atoms with Gasteiger partial charge in [-0.1, -0.05) is 0 Å². The van der Waals surface area contributed by atoms with Crippen molar-refractivity contribution >= 4 is 24.4 Å². The monoisotopic (exact) mass is 249 g/mol. The van der Waals surface area contributed by atoms with Crippen molar-refractivity contribution in [1.29, 1.82) is 0 Å². The minimum Gasteiger partial charge on any atom is -0.381 e. The molecule has 1 aliphatic heterocycles. The summed E-state index contributed by atoms with van der Waals surface area (Å²) in [6.07, 6.45) is 4.50. The Labute approximate surface area is 104 Å². The minimum atomic E-state index is 0.397. The lowest BCUT2D eigenvalue weighted by Crippen LogP contribution is -2.42. The molecule has 0 bridgehead atoms. The molecule has 2 nitrogen and oxygen atoms in total. The van der Waals surface area contributed by atoms with E-state index in [4.69, 9.17) is 4.74 Å². The molecule has 1 aliphatic rings. The molecule has 0 N–H and O–H groups in total. The molecule has 1 rings (SSSR count). The smallest absolute Gasteiger partial charge is 0.0472 e. The second-order valence-electron chi connectivity index (χ2n) is 4.50. The lowest BCUT2D eigenvalue weighted by atomic mass is 9.81. The molecular weight excluding hydrogens is 226 g/mol. The highest BCUT2D eigenvalue weighted by Crippen LogP contribution is 2.32. The number of rotatable bonds is 6. The molecule has 1 heterocycles. The number of hydrogen-bond acceptors (Lipinski definition) is 4. The molecule has 1 fully saturated rings. The van der Waals surface area contributed by atoms with E-state index >= 15 is 0 Å². The molecule has 0 saturated carbocycles. The van der Waals surface area contributed by atoms with Crippen LogP contribution in [0.15, 0.2) is 0 Å². The van der Waals surface area contributed by atoms with Crippen LogP contribution in [0.1, 0.15) is 12.8 Å². The number of thiol groups is 1. The molecule has 90 valence electrons. The van der Waals surface area contributed by atoms with Crippen LogP contribution in [0.4, 0.5) is 0 Å². The van der Waals surface area contributed by atoms with Crippen molar-refractivity contribution in [3.8, 4) is 0 Å². The van der Waals surface area contributed by atoms with Crippen LogP contribution in [-0.4, -0.2) is 56.0 Å². The predicted molar refractivity (Wildman–Crippen MR) is 72.2 cm³/mol. The molecule has 1 saturated heterocycles. The van der Waals surface area contributed by atoms with Crippen LogP contribution in [-0.2, 0) is 4.74 Å². The normalized spacial score (nSPS) is 20.8. The van der Waals surface area contributed by atoms with E-state index in [1.54, 1.807) is 0 Å². The fourth-order valence-corrected chi connectivity index (χ4v) is 2.98. The fourth-order valence-electron chi connectivity index (χ4n) is 2.07. The van der Waals surface area contributed by atoms with E-state index in [2.05, 4.69) is 30.8 Å². The molecule has 4 heteroatoms. The van der Waals surface area contributed by atoms with Crippen molar-refractivity contribution < 1.29 is 4.74 Å². The van der Waals surface area contributed by atoms with Gasteiger partial charge < -0.3 is 9.64 Å². The first kappa shape index (κ1) is 13.7. The maximum atomic E-state index is 5.43. The quantitative estimate of drug-likeness (QED) is 0.724. The fraction of sp³-hybridized carbons (Fsp3) is 1.00. The van der Waals surface area contributed by atoms with Gasteiger partial charge in [-0.2, -0.15) is 24.4 Å². The summed E-state index contributed by atoms with van der Waals surface area (Å²) in [4.78, 5) is 2.44. The van der Waals surface area contributed by atoms with E-state index in [0.29, 0.717) is 5.41 Å². The Morgan fingerprint density at radius 1 is 1.40 bits per heavy atom. The van der Waals surface area contributed by atoms with Gasteiger partial charge in [0.2, 0.25) is 0 Å². The molecule has 0 aromatic heterocycles. The SMILES string of the molecule is CSCCN(C)CC1(CS)CCOCC1. The Bertz CT molecular complexity index is 172. The summed E-state index contributed by atoms with van der Waals surface area (Å²) in [6, 6.07) is 0. The average Bonchev–Trinajstić information content (AvgIpc) is 2.27. The van der Waals surface area contributed by atoms with Gasteiger partial charge in [-0.25, -0.2) is 0 Å². The van der Waals surface area contributed by atoms with Gasteiger partial charge in [0.05, 0.1) is 0 Å². The van der Waals surface area contributed by atoms with Crippen LogP contribution < -0.4 is 0 Å². The predicted octanol–water partition coefficient (Wildman–Crippen LogP) is 2.01. The lowest BCUT2D eigenvalue weighted by molar-refractivity contribution is 0.0124. The van der Waals surface area contributed by atoms with Crippen LogP contribution in [0.5, 0.6) is 0 Å². The first-order chi connectivity index (χ1) is 7.22. The van der Waals surface area contributed by atoms with Crippen molar-refractivity contribution in [3.05, 3.63) is 0 Å². The van der Waals surface area contributed by atoms with E-state index in [1.807, 2.05) is 11.8 Å². The molecule has 0 aromatic carbocycles. The van der Waals surface area contributed by atoms with Gasteiger partial charge >= 0.3 is 0 Å². The van der Waals surface area contributed by atoms with Crippen LogP contribution in [0.25, 0.3) is 0 Å². The molecule has 0 radical (unpaired) electrons. The van der Waals surface area contributed by atoms with Crippen molar-refractivity contribution in [2.45, 2.75) is 12.8 Å². The van der Waals surface area contributed by atoms with Gasteiger partial charge in [0.15, 0.2) is 0 Å². The number of nitrogens with zero attached hydrogens (tertiary/aromatic N) is 1. The van der Waals surface area contributed by atoms with Crippen LogP contribution in [0, 0.1) is 5.41 Å². The van der Waals surface area contributed by atoms with Gasteiger partial charge in [-0.15, -0.1) is 0 Å². The summed E-state index contributed by atoms with van der Waals surface area (Å²) in [6.45, 7) is 4.17. The van der Waals surface area contributed by atoms with E-state index in [0.717, 1.165) is 19.0 Å². The van der Waals surface area contributed by atoms with Gasteiger partial charge in [0, 0.05) is 32.1 Å². The standard InChI is InChI=1S/C11H23NOS2/c1-12(5-8-15-2)9-11(10-14)3-6-13-7-4-11/h14H,3-10H2,1-2H3. The first-order valence-corrected chi connectivity index (χ1v) is 7.61. The highest BCUT2D eigenvalue weighted by atomic mass is 32.2. The molecule has 0 aliphatic carbocycles. The summed E-state index contributed by atoms with van der Waals surface area (Å²) in [5.74, 6) is 2.20. The molecular formula is C11H23NOS2. The summed E-state index contributed by atoms with van der Waals surface area (Å²) in [7, 11) is 2.22. The highest BCUT2D eigenvalue weighted by molar-refractivity contribution is 7.98. The zero-order valence-electron chi connectivity index (χ0n) is 9.87. The van der Waals surface area contributed by atoms with E-state index in [-0.39, 0.29) is 0 Å². The number of thioether (sulfide) groups is 1. The van der Waals surface area contributed by atoms with Gasteiger partial charge in [-0.3, -0.25) is 0 Å². The van der Waals surface area contributed by atoms with Crippen LogP contribution >= 0.6 is 24.4 Å². The maximum Gasteiger partial charge on any atom is 0.0472 e. The zero-order chi connectivity index (χ0) is 11.1. The summed E-state index contributed by atoms with van der Waals surface area (Å²) in [5, 5.41) is 0. The number of ether oxygens (including phenoxy) is 1. The lowest BCUT2D eigenvalue weighted by Gasteiger charge is -2.39. The van der Waals surface area contributed by atoms with Crippen molar-refractivity contribution in [2.75, 3.05) is 51.1 Å². The van der Waals surface area contributed by atoms with Crippen molar-refractivity contribution in [3.63, 3.8) is 0 Å². The van der Waals surface area contributed by atoms with Gasteiger partial charge in [0.1, 0.15) is 0 Å². The third kappa shape index (κ3) is 4.55. The first-order valence-electron chi connectivity index (χ1n) is 5.58. The Balaban J connectivity index is 2.37. The molecule has 0 atom stereocenters. The topological polar surface area (TPSA) is 12.5 Å².